The molecule has 0 rings (SSSR count). The van der Waals surface area contributed by atoms with Gasteiger partial charge in [0.2, 0.25) is 0 Å². The molecule has 4 atom stereocenters. The monoisotopic (exact) mass is 426 g/mol. The SMILES string of the molecule is CCC(C)N(C(=O)NCCCCCCNC(=O)N(C(C)CC)C(C)CC)C(C)CC. The molecule has 4 amide bonds. The van der Waals surface area contributed by atoms with Gasteiger partial charge in [-0.3, -0.25) is 0 Å². The first-order valence-electron chi connectivity index (χ1n) is 12.4. The molecule has 2 N–H and O–H groups in total. The number of hydrogen-bond acceptors (Lipinski definition) is 2. The summed E-state index contributed by atoms with van der Waals surface area (Å²) in [5, 5.41) is 6.17. The van der Waals surface area contributed by atoms with Gasteiger partial charge in [-0.1, -0.05) is 40.5 Å². The first-order valence-corrected chi connectivity index (χ1v) is 12.4. The third-order valence-corrected chi connectivity index (χ3v) is 6.39. The lowest BCUT2D eigenvalue weighted by Crippen LogP contribution is -2.49. The van der Waals surface area contributed by atoms with Crippen LogP contribution in [-0.4, -0.2) is 59.1 Å². The van der Waals surface area contributed by atoms with Crippen molar-refractivity contribution in [2.24, 2.45) is 0 Å². The third kappa shape index (κ3) is 10.0. The van der Waals surface area contributed by atoms with Crippen LogP contribution < -0.4 is 10.6 Å². The van der Waals surface area contributed by atoms with Crippen LogP contribution in [0, 0.1) is 0 Å². The number of urea groups is 2. The zero-order valence-electron chi connectivity index (χ0n) is 21.1. The molecule has 0 aromatic carbocycles. The highest BCUT2D eigenvalue weighted by molar-refractivity contribution is 5.75. The average molecular weight is 427 g/mol. The van der Waals surface area contributed by atoms with Gasteiger partial charge in [0.25, 0.3) is 0 Å². The van der Waals surface area contributed by atoms with Gasteiger partial charge in [0.1, 0.15) is 0 Å². The van der Waals surface area contributed by atoms with E-state index >= 15 is 0 Å². The molecule has 0 spiro atoms. The van der Waals surface area contributed by atoms with E-state index in [1.54, 1.807) is 0 Å². The fraction of sp³-hybridized carbons (Fsp3) is 0.917. The molecule has 0 bridgehead atoms. The Labute approximate surface area is 186 Å². The van der Waals surface area contributed by atoms with Crippen molar-refractivity contribution in [3.63, 3.8) is 0 Å². The van der Waals surface area contributed by atoms with Crippen LogP contribution >= 0.6 is 0 Å². The highest BCUT2D eigenvalue weighted by atomic mass is 16.2. The maximum Gasteiger partial charge on any atom is 0.317 e. The van der Waals surface area contributed by atoms with Crippen LogP contribution in [0.3, 0.4) is 0 Å². The molecule has 178 valence electrons. The maximum atomic E-state index is 12.5. The number of hydrogen-bond donors (Lipinski definition) is 2. The second kappa shape index (κ2) is 16.3. The van der Waals surface area contributed by atoms with Crippen molar-refractivity contribution in [3.05, 3.63) is 0 Å². The van der Waals surface area contributed by atoms with Crippen molar-refractivity contribution in [2.75, 3.05) is 13.1 Å². The zero-order chi connectivity index (χ0) is 23.1. The summed E-state index contributed by atoms with van der Waals surface area (Å²) in [5.74, 6) is 0. The van der Waals surface area contributed by atoms with Gasteiger partial charge in [-0.25, -0.2) is 9.59 Å². The summed E-state index contributed by atoms with van der Waals surface area (Å²) in [4.78, 5) is 29.0. The molecule has 30 heavy (non-hydrogen) atoms. The van der Waals surface area contributed by atoms with Crippen molar-refractivity contribution in [3.8, 4) is 0 Å². The molecular weight excluding hydrogens is 376 g/mol. The van der Waals surface area contributed by atoms with Crippen LogP contribution in [0.15, 0.2) is 0 Å². The van der Waals surface area contributed by atoms with E-state index in [-0.39, 0.29) is 36.2 Å². The summed E-state index contributed by atoms with van der Waals surface area (Å²) >= 11 is 0. The molecule has 0 heterocycles. The largest absolute Gasteiger partial charge is 0.338 e. The molecule has 0 aromatic heterocycles. The van der Waals surface area contributed by atoms with Crippen LogP contribution in [0.2, 0.25) is 0 Å². The molecule has 6 nitrogen and oxygen atoms in total. The Balaban J connectivity index is 4.11. The lowest BCUT2D eigenvalue weighted by Gasteiger charge is -2.34. The van der Waals surface area contributed by atoms with E-state index in [0.717, 1.165) is 51.4 Å². The maximum absolute atomic E-state index is 12.5. The zero-order valence-corrected chi connectivity index (χ0v) is 21.1. The number of carbonyl (C=O) groups is 2. The number of unbranched alkanes of at least 4 members (excludes halogenated alkanes) is 3. The van der Waals surface area contributed by atoms with E-state index in [1.807, 2.05) is 9.80 Å². The molecule has 0 saturated heterocycles. The van der Waals surface area contributed by atoms with Crippen LogP contribution in [0.25, 0.3) is 0 Å². The molecule has 0 aliphatic carbocycles. The van der Waals surface area contributed by atoms with Gasteiger partial charge in [0.05, 0.1) is 0 Å². The molecule has 0 aliphatic heterocycles. The van der Waals surface area contributed by atoms with Crippen LogP contribution in [0.4, 0.5) is 9.59 Å². The van der Waals surface area contributed by atoms with E-state index < -0.39 is 0 Å². The lowest BCUT2D eigenvalue weighted by molar-refractivity contribution is 0.149. The molecule has 0 aliphatic rings. The normalized spacial score (nSPS) is 15.1. The average Bonchev–Trinajstić information content (AvgIpc) is 2.74. The second-order valence-corrected chi connectivity index (χ2v) is 8.72. The molecule has 0 fully saturated rings. The predicted octanol–water partition coefficient (Wildman–Crippen LogP) is 5.76. The highest BCUT2D eigenvalue weighted by Crippen LogP contribution is 2.13. The minimum atomic E-state index is 0.0566. The van der Waals surface area contributed by atoms with Crippen LogP contribution in [-0.2, 0) is 0 Å². The number of amides is 4. The van der Waals surface area contributed by atoms with E-state index in [2.05, 4.69) is 66.0 Å². The van der Waals surface area contributed by atoms with Gasteiger partial charge >= 0.3 is 12.1 Å². The van der Waals surface area contributed by atoms with Crippen molar-refractivity contribution in [1.29, 1.82) is 0 Å². The minimum absolute atomic E-state index is 0.0566. The number of carbonyl (C=O) groups excluding carboxylic acids is 2. The first kappa shape index (κ1) is 28.5. The Morgan fingerprint density at radius 3 is 1.07 bits per heavy atom. The summed E-state index contributed by atoms with van der Waals surface area (Å²) < 4.78 is 0. The summed E-state index contributed by atoms with van der Waals surface area (Å²) in [7, 11) is 0. The predicted molar refractivity (Wildman–Crippen MR) is 128 cm³/mol. The number of nitrogens with zero attached hydrogens (tertiary/aromatic N) is 2. The Hall–Kier alpha value is -1.46. The summed E-state index contributed by atoms with van der Waals surface area (Å²) in [6.07, 6.45) is 7.93. The van der Waals surface area contributed by atoms with E-state index in [4.69, 9.17) is 0 Å². The standard InChI is InChI=1S/C24H50N4O2/c1-9-19(5)27(20(6)10-2)23(29)25-17-15-13-14-16-18-26-24(30)28(21(7)11-3)22(8)12-4/h19-22H,9-18H2,1-8H3,(H,25,29)(H,26,30). The Bertz CT molecular complexity index is 410. The van der Waals surface area contributed by atoms with Crippen molar-refractivity contribution in [2.45, 2.75) is 131 Å². The van der Waals surface area contributed by atoms with Gasteiger partial charge in [0, 0.05) is 37.3 Å². The van der Waals surface area contributed by atoms with Crippen LogP contribution in [0.1, 0.15) is 107 Å². The fourth-order valence-corrected chi connectivity index (χ4v) is 3.63. The summed E-state index contributed by atoms with van der Waals surface area (Å²) in [6.45, 7) is 18.4. The Morgan fingerprint density at radius 2 is 0.833 bits per heavy atom. The van der Waals surface area contributed by atoms with Gasteiger partial charge in [-0.15, -0.1) is 0 Å². The van der Waals surface area contributed by atoms with E-state index in [9.17, 15) is 9.59 Å². The van der Waals surface area contributed by atoms with Crippen molar-refractivity contribution >= 4 is 12.1 Å². The highest BCUT2D eigenvalue weighted by Gasteiger charge is 2.24. The molecular formula is C24H50N4O2. The molecule has 0 radical (unpaired) electrons. The summed E-state index contributed by atoms with van der Waals surface area (Å²) in [5.41, 5.74) is 0. The van der Waals surface area contributed by atoms with Crippen molar-refractivity contribution in [1.82, 2.24) is 20.4 Å². The van der Waals surface area contributed by atoms with Gasteiger partial charge in [-0.05, 0) is 66.2 Å². The topological polar surface area (TPSA) is 64.7 Å². The molecule has 6 heteroatoms. The van der Waals surface area contributed by atoms with Crippen LogP contribution in [0.5, 0.6) is 0 Å². The lowest BCUT2D eigenvalue weighted by atomic mass is 10.1. The minimum Gasteiger partial charge on any atom is -0.338 e. The number of nitrogens with one attached hydrogen (secondary N) is 2. The molecule has 4 unspecified atom stereocenters. The smallest absolute Gasteiger partial charge is 0.317 e. The third-order valence-electron chi connectivity index (χ3n) is 6.39. The quantitative estimate of drug-likeness (QED) is 0.327. The van der Waals surface area contributed by atoms with E-state index in [1.165, 1.54) is 0 Å². The Morgan fingerprint density at radius 1 is 0.567 bits per heavy atom. The van der Waals surface area contributed by atoms with Crippen molar-refractivity contribution < 1.29 is 9.59 Å². The second-order valence-electron chi connectivity index (χ2n) is 8.72. The molecule has 0 aromatic rings. The summed E-state index contributed by atoms with van der Waals surface area (Å²) in [6, 6.07) is 1.15. The van der Waals surface area contributed by atoms with Gasteiger partial charge in [0.15, 0.2) is 0 Å². The Kier molecular flexibility index (Phi) is 15.5. The van der Waals surface area contributed by atoms with Gasteiger partial charge < -0.3 is 20.4 Å². The fourth-order valence-electron chi connectivity index (χ4n) is 3.63. The van der Waals surface area contributed by atoms with E-state index in [0.29, 0.717) is 13.1 Å². The number of rotatable bonds is 15. The first-order chi connectivity index (χ1) is 14.2. The van der Waals surface area contributed by atoms with Gasteiger partial charge in [-0.2, -0.15) is 0 Å². The molecule has 0 saturated carbocycles.